The van der Waals surface area contributed by atoms with Crippen LogP contribution in [0.1, 0.15) is 54.0 Å². The molecule has 0 radical (unpaired) electrons. The molecule has 1 aromatic rings. The number of nitrogens with zero attached hydrogens (tertiary/aromatic N) is 1. The minimum Gasteiger partial charge on any atom is -0.465 e. The Morgan fingerprint density at radius 3 is 2.81 bits per heavy atom. The summed E-state index contributed by atoms with van der Waals surface area (Å²) in [6, 6.07) is 2.62. The van der Waals surface area contributed by atoms with Crippen LogP contribution in [0.25, 0.3) is 0 Å². The fourth-order valence-corrected chi connectivity index (χ4v) is 4.45. The van der Waals surface area contributed by atoms with Crippen molar-refractivity contribution in [1.82, 2.24) is 4.90 Å². The SMILES string of the molecule is COC(=O)c1cc(CN2CC3(CCC3)C2C2CC2)oc1C. The summed E-state index contributed by atoms with van der Waals surface area (Å²) in [7, 11) is 1.41. The van der Waals surface area contributed by atoms with E-state index in [0.717, 1.165) is 24.3 Å². The van der Waals surface area contributed by atoms with Gasteiger partial charge in [-0.3, -0.25) is 4.90 Å². The zero-order chi connectivity index (χ0) is 14.6. The highest BCUT2D eigenvalue weighted by Crippen LogP contribution is 2.59. The Bertz CT molecular complexity index is 569. The van der Waals surface area contributed by atoms with Crippen molar-refractivity contribution in [3.63, 3.8) is 0 Å². The predicted octanol–water partition coefficient (Wildman–Crippen LogP) is 3.14. The first-order valence-electron chi connectivity index (χ1n) is 8.05. The van der Waals surface area contributed by atoms with E-state index < -0.39 is 0 Å². The summed E-state index contributed by atoms with van der Waals surface area (Å²) in [5.74, 6) is 2.17. The van der Waals surface area contributed by atoms with Gasteiger partial charge in [0.2, 0.25) is 0 Å². The summed E-state index contributed by atoms with van der Waals surface area (Å²) in [5.41, 5.74) is 1.20. The molecule has 2 heterocycles. The number of furan rings is 1. The lowest BCUT2D eigenvalue weighted by Gasteiger charge is -2.63. The summed E-state index contributed by atoms with van der Waals surface area (Å²) >= 11 is 0. The molecule has 2 saturated carbocycles. The van der Waals surface area contributed by atoms with E-state index in [0.29, 0.717) is 16.7 Å². The molecule has 0 amide bonds. The maximum atomic E-state index is 11.7. The highest BCUT2D eigenvalue weighted by Gasteiger charge is 2.60. The Hall–Kier alpha value is -1.29. The largest absolute Gasteiger partial charge is 0.465 e. The van der Waals surface area contributed by atoms with Gasteiger partial charge in [-0.15, -0.1) is 0 Å². The number of aryl methyl sites for hydroxylation is 1. The van der Waals surface area contributed by atoms with Crippen LogP contribution in [-0.4, -0.2) is 30.6 Å². The molecular weight excluding hydrogens is 266 g/mol. The number of methoxy groups -OCH3 is 1. The average Bonchev–Trinajstić information content (AvgIpc) is 3.13. The molecule has 4 nitrogen and oxygen atoms in total. The fraction of sp³-hybridized carbons (Fsp3) is 0.706. The first-order valence-corrected chi connectivity index (χ1v) is 8.05. The highest BCUT2D eigenvalue weighted by molar-refractivity contribution is 5.90. The van der Waals surface area contributed by atoms with Gasteiger partial charge in [0.05, 0.1) is 13.7 Å². The van der Waals surface area contributed by atoms with Gasteiger partial charge in [-0.05, 0) is 50.0 Å². The highest BCUT2D eigenvalue weighted by atomic mass is 16.5. The van der Waals surface area contributed by atoms with E-state index in [1.165, 1.54) is 45.8 Å². The zero-order valence-electron chi connectivity index (χ0n) is 12.9. The average molecular weight is 289 g/mol. The van der Waals surface area contributed by atoms with E-state index in [1.54, 1.807) is 0 Å². The van der Waals surface area contributed by atoms with Crippen molar-refractivity contribution in [1.29, 1.82) is 0 Å². The second-order valence-corrected chi connectivity index (χ2v) is 7.08. The number of rotatable bonds is 4. The third kappa shape index (κ3) is 2.03. The molecule has 2 aliphatic carbocycles. The first-order chi connectivity index (χ1) is 10.1. The molecule has 1 aromatic heterocycles. The second kappa shape index (κ2) is 4.60. The molecule has 1 aliphatic heterocycles. The van der Waals surface area contributed by atoms with E-state index in [4.69, 9.17) is 9.15 Å². The van der Waals surface area contributed by atoms with Crippen LogP contribution in [0.5, 0.6) is 0 Å². The molecule has 1 saturated heterocycles. The van der Waals surface area contributed by atoms with Gasteiger partial charge in [-0.1, -0.05) is 6.42 Å². The van der Waals surface area contributed by atoms with Crippen LogP contribution in [0.2, 0.25) is 0 Å². The molecular formula is C17H23NO3. The zero-order valence-corrected chi connectivity index (χ0v) is 12.9. The van der Waals surface area contributed by atoms with Crippen molar-refractivity contribution in [2.75, 3.05) is 13.7 Å². The maximum Gasteiger partial charge on any atom is 0.341 e. The molecule has 0 bridgehead atoms. The first kappa shape index (κ1) is 13.4. The Morgan fingerprint density at radius 1 is 1.48 bits per heavy atom. The van der Waals surface area contributed by atoms with E-state index in [1.807, 2.05) is 13.0 Å². The van der Waals surface area contributed by atoms with Gasteiger partial charge >= 0.3 is 5.97 Å². The molecule has 1 unspecified atom stereocenters. The van der Waals surface area contributed by atoms with Crippen molar-refractivity contribution >= 4 is 5.97 Å². The Labute approximate surface area is 125 Å². The molecule has 114 valence electrons. The van der Waals surface area contributed by atoms with Gasteiger partial charge in [0.25, 0.3) is 0 Å². The third-order valence-electron chi connectivity index (χ3n) is 5.69. The molecule has 1 spiro atoms. The molecule has 21 heavy (non-hydrogen) atoms. The molecule has 4 heteroatoms. The molecule has 3 aliphatic rings. The van der Waals surface area contributed by atoms with Gasteiger partial charge in [0, 0.05) is 12.6 Å². The number of ether oxygens (including phenoxy) is 1. The number of carbonyl (C=O) groups is 1. The van der Waals surface area contributed by atoms with E-state index in [2.05, 4.69) is 4.90 Å². The smallest absolute Gasteiger partial charge is 0.341 e. The Kier molecular flexibility index (Phi) is 2.93. The third-order valence-corrected chi connectivity index (χ3v) is 5.69. The number of carbonyl (C=O) groups excluding carboxylic acids is 1. The van der Waals surface area contributed by atoms with Crippen LogP contribution in [0.15, 0.2) is 10.5 Å². The van der Waals surface area contributed by atoms with E-state index in [9.17, 15) is 4.79 Å². The number of likely N-dealkylation sites (tertiary alicyclic amines) is 1. The molecule has 1 atom stereocenters. The summed E-state index contributed by atoms with van der Waals surface area (Å²) in [5, 5.41) is 0. The van der Waals surface area contributed by atoms with Crippen molar-refractivity contribution in [2.24, 2.45) is 11.3 Å². The monoisotopic (exact) mass is 289 g/mol. The summed E-state index contributed by atoms with van der Waals surface area (Å²) in [4.78, 5) is 14.2. The number of hydrogen-bond acceptors (Lipinski definition) is 4. The summed E-state index contributed by atoms with van der Waals surface area (Å²) < 4.78 is 10.6. The molecule has 0 N–H and O–H groups in total. The number of esters is 1. The van der Waals surface area contributed by atoms with Gasteiger partial charge < -0.3 is 9.15 Å². The number of hydrogen-bond donors (Lipinski definition) is 0. The van der Waals surface area contributed by atoms with Gasteiger partial charge in [0.1, 0.15) is 17.1 Å². The van der Waals surface area contributed by atoms with E-state index >= 15 is 0 Å². The van der Waals surface area contributed by atoms with Gasteiger partial charge in [-0.25, -0.2) is 4.79 Å². The Balaban J connectivity index is 1.48. The fourth-order valence-electron chi connectivity index (χ4n) is 4.45. The van der Waals surface area contributed by atoms with Crippen LogP contribution in [0.3, 0.4) is 0 Å². The van der Waals surface area contributed by atoms with Crippen molar-refractivity contribution in [3.8, 4) is 0 Å². The van der Waals surface area contributed by atoms with Gasteiger partial charge in [0.15, 0.2) is 0 Å². The minimum absolute atomic E-state index is 0.305. The normalized spacial score (nSPS) is 27.2. The molecule has 3 fully saturated rings. The van der Waals surface area contributed by atoms with Crippen molar-refractivity contribution in [3.05, 3.63) is 23.2 Å². The maximum absolute atomic E-state index is 11.7. The van der Waals surface area contributed by atoms with Gasteiger partial charge in [-0.2, -0.15) is 0 Å². The van der Waals surface area contributed by atoms with Crippen LogP contribution in [-0.2, 0) is 11.3 Å². The van der Waals surface area contributed by atoms with Crippen LogP contribution in [0, 0.1) is 18.3 Å². The summed E-state index contributed by atoms with van der Waals surface area (Å²) in [6.45, 7) is 3.87. The lowest BCUT2D eigenvalue weighted by atomic mass is 9.57. The minimum atomic E-state index is -0.305. The Morgan fingerprint density at radius 2 is 2.24 bits per heavy atom. The predicted molar refractivity (Wildman–Crippen MR) is 78.0 cm³/mol. The topological polar surface area (TPSA) is 42.7 Å². The lowest BCUT2D eigenvalue weighted by Crippen LogP contribution is -2.67. The van der Waals surface area contributed by atoms with E-state index in [-0.39, 0.29) is 5.97 Å². The van der Waals surface area contributed by atoms with Crippen LogP contribution >= 0.6 is 0 Å². The van der Waals surface area contributed by atoms with Crippen molar-refractivity contribution in [2.45, 2.75) is 51.6 Å². The summed E-state index contributed by atoms with van der Waals surface area (Å²) in [6.07, 6.45) is 7.02. The molecule has 4 rings (SSSR count). The van der Waals surface area contributed by atoms with Crippen molar-refractivity contribution < 1.29 is 13.9 Å². The van der Waals surface area contributed by atoms with Crippen LogP contribution in [0.4, 0.5) is 0 Å². The lowest BCUT2D eigenvalue weighted by molar-refractivity contribution is -0.142. The van der Waals surface area contributed by atoms with Crippen LogP contribution < -0.4 is 0 Å². The second-order valence-electron chi connectivity index (χ2n) is 7.08. The standard InChI is InChI=1S/C17H23NO3/c1-11-14(16(19)20-2)8-13(21-11)9-18-10-17(6-3-7-17)15(18)12-4-5-12/h8,12,15H,3-7,9-10H2,1-2H3. The quantitative estimate of drug-likeness (QED) is 0.799. The molecule has 0 aromatic carbocycles.